The molecule has 2 N–H and O–H groups in total. The highest BCUT2D eigenvalue weighted by molar-refractivity contribution is 5.99. The zero-order chi connectivity index (χ0) is 27.1. The van der Waals surface area contributed by atoms with Crippen molar-refractivity contribution in [3.63, 3.8) is 0 Å². The summed E-state index contributed by atoms with van der Waals surface area (Å²) in [6.45, 7) is 6.15. The third-order valence-corrected chi connectivity index (χ3v) is 6.20. The monoisotopic (exact) mass is 511 g/mol. The number of nitrogens with zero attached hydrogens (tertiary/aromatic N) is 3. The highest BCUT2D eigenvalue weighted by Gasteiger charge is 2.23. The largest absolute Gasteiger partial charge is 0.497 e. The summed E-state index contributed by atoms with van der Waals surface area (Å²) in [6.07, 6.45) is 0.715. The third kappa shape index (κ3) is 6.03. The number of hydrogen-bond donors (Lipinski definition) is 2. The average Bonchev–Trinajstić information content (AvgIpc) is 3.25. The van der Waals surface area contributed by atoms with Gasteiger partial charge in [0.2, 0.25) is 5.91 Å². The van der Waals surface area contributed by atoms with Crippen molar-refractivity contribution in [2.45, 2.75) is 27.2 Å². The lowest BCUT2D eigenvalue weighted by atomic mass is 10.1. The SMILES string of the molecule is CCCN(CC(=O)Nc1c(-c2ccccc2)c(C)nn1-c1ccc(OC)cc1)C(=O)Nc1ccccc1C. The minimum absolute atomic E-state index is 0.105. The van der Waals surface area contributed by atoms with E-state index in [2.05, 4.69) is 10.6 Å². The van der Waals surface area contributed by atoms with Crippen LogP contribution in [0.25, 0.3) is 16.8 Å². The predicted molar refractivity (Wildman–Crippen MR) is 151 cm³/mol. The summed E-state index contributed by atoms with van der Waals surface area (Å²) in [6, 6.07) is 24.5. The summed E-state index contributed by atoms with van der Waals surface area (Å²) >= 11 is 0. The standard InChI is InChI=1S/C30H33N5O3/c1-5-19-34(30(37)31-26-14-10-9-11-21(26)2)20-27(36)32-29-28(23-12-7-6-8-13-23)22(3)33-35(29)24-15-17-25(38-4)18-16-24/h6-18H,5,19-20H2,1-4H3,(H,31,37)(H,32,36). The summed E-state index contributed by atoms with van der Waals surface area (Å²) in [7, 11) is 1.61. The van der Waals surface area contributed by atoms with Gasteiger partial charge < -0.3 is 20.3 Å². The van der Waals surface area contributed by atoms with Crippen LogP contribution >= 0.6 is 0 Å². The number of benzene rings is 3. The van der Waals surface area contributed by atoms with Crippen molar-refractivity contribution in [3.05, 3.63) is 90.1 Å². The number of nitrogens with one attached hydrogen (secondary N) is 2. The number of amides is 3. The molecule has 0 spiro atoms. The van der Waals surface area contributed by atoms with Crippen LogP contribution in [0.15, 0.2) is 78.9 Å². The Kier molecular flexibility index (Phi) is 8.43. The van der Waals surface area contributed by atoms with E-state index in [9.17, 15) is 9.59 Å². The lowest BCUT2D eigenvalue weighted by Gasteiger charge is -2.23. The first kappa shape index (κ1) is 26.5. The summed E-state index contributed by atoms with van der Waals surface area (Å²) in [5, 5.41) is 10.7. The lowest BCUT2D eigenvalue weighted by molar-refractivity contribution is -0.116. The van der Waals surface area contributed by atoms with E-state index in [0.29, 0.717) is 18.8 Å². The number of hydrogen-bond acceptors (Lipinski definition) is 4. The minimum Gasteiger partial charge on any atom is -0.497 e. The molecular formula is C30H33N5O3. The zero-order valence-electron chi connectivity index (χ0n) is 22.2. The molecule has 3 amide bonds. The molecule has 1 heterocycles. The number of urea groups is 1. The Hall–Kier alpha value is -4.59. The van der Waals surface area contributed by atoms with E-state index in [1.165, 1.54) is 4.90 Å². The molecule has 0 saturated carbocycles. The van der Waals surface area contributed by atoms with Crippen LogP contribution in [0.3, 0.4) is 0 Å². The van der Waals surface area contributed by atoms with Crippen molar-refractivity contribution in [2.75, 3.05) is 30.8 Å². The second kappa shape index (κ2) is 12.1. The fraction of sp³-hybridized carbons (Fsp3) is 0.233. The van der Waals surface area contributed by atoms with Crippen LogP contribution in [0, 0.1) is 13.8 Å². The molecule has 38 heavy (non-hydrogen) atoms. The van der Waals surface area contributed by atoms with Crippen molar-refractivity contribution in [1.29, 1.82) is 0 Å². The molecule has 3 aromatic carbocycles. The molecule has 0 aliphatic heterocycles. The topological polar surface area (TPSA) is 88.5 Å². The van der Waals surface area contributed by atoms with Gasteiger partial charge in [-0.15, -0.1) is 0 Å². The van der Waals surface area contributed by atoms with Gasteiger partial charge in [-0.3, -0.25) is 4.79 Å². The fourth-order valence-corrected chi connectivity index (χ4v) is 4.28. The molecule has 0 aliphatic rings. The summed E-state index contributed by atoms with van der Waals surface area (Å²) < 4.78 is 7.01. The summed E-state index contributed by atoms with van der Waals surface area (Å²) in [5.41, 5.74) is 4.97. The maximum absolute atomic E-state index is 13.4. The number of methoxy groups -OCH3 is 1. The van der Waals surface area contributed by atoms with Crippen molar-refractivity contribution >= 4 is 23.4 Å². The Bertz CT molecular complexity index is 1400. The number of carbonyl (C=O) groups is 2. The Morgan fingerprint density at radius 1 is 0.921 bits per heavy atom. The van der Waals surface area contributed by atoms with E-state index < -0.39 is 0 Å². The second-order valence-corrected chi connectivity index (χ2v) is 9.00. The van der Waals surface area contributed by atoms with Gasteiger partial charge in [-0.25, -0.2) is 9.48 Å². The van der Waals surface area contributed by atoms with Crippen LogP contribution in [0.1, 0.15) is 24.6 Å². The number of para-hydroxylation sites is 1. The molecule has 0 fully saturated rings. The Morgan fingerprint density at radius 2 is 1.61 bits per heavy atom. The van der Waals surface area contributed by atoms with E-state index in [1.807, 2.05) is 99.6 Å². The minimum atomic E-state index is -0.320. The van der Waals surface area contributed by atoms with E-state index in [4.69, 9.17) is 9.84 Å². The molecule has 0 saturated heterocycles. The first-order valence-corrected chi connectivity index (χ1v) is 12.6. The van der Waals surface area contributed by atoms with Crippen LogP contribution in [0.5, 0.6) is 5.75 Å². The Balaban J connectivity index is 1.63. The highest BCUT2D eigenvalue weighted by atomic mass is 16.5. The Labute approximate surface area is 223 Å². The molecule has 4 rings (SSSR count). The number of carbonyl (C=O) groups excluding carboxylic acids is 2. The molecule has 0 atom stereocenters. The molecule has 0 bridgehead atoms. The van der Waals surface area contributed by atoms with Gasteiger partial charge in [0, 0.05) is 17.8 Å². The maximum atomic E-state index is 13.4. The molecule has 8 nitrogen and oxygen atoms in total. The van der Waals surface area contributed by atoms with E-state index >= 15 is 0 Å². The first-order chi connectivity index (χ1) is 18.4. The van der Waals surface area contributed by atoms with Gasteiger partial charge in [0.1, 0.15) is 18.1 Å². The van der Waals surface area contributed by atoms with Crippen LogP contribution in [-0.2, 0) is 4.79 Å². The normalized spacial score (nSPS) is 10.6. The lowest BCUT2D eigenvalue weighted by Crippen LogP contribution is -2.41. The zero-order valence-corrected chi connectivity index (χ0v) is 22.2. The van der Waals surface area contributed by atoms with Crippen LogP contribution in [0.4, 0.5) is 16.3 Å². The Morgan fingerprint density at radius 3 is 2.26 bits per heavy atom. The maximum Gasteiger partial charge on any atom is 0.322 e. The third-order valence-electron chi connectivity index (χ3n) is 6.20. The predicted octanol–water partition coefficient (Wildman–Crippen LogP) is 6.05. The van der Waals surface area contributed by atoms with Crippen molar-refractivity contribution in [1.82, 2.24) is 14.7 Å². The average molecular weight is 512 g/mol. The van der Waals surface area contributed by atoms with Gasteiger partial charge in [-0.1, -0.05) is 55.5 Å². The van der Waals surface area contributed by atoms with Gasteiger partial charge in [0.25, 0.3) is 0 Å². The molecule has 4 aromatic rings. The first-order valence-electron chi connectivity index (χ1n) is 12.6. The van der Waals surface area contributed by atoms with Crippen LogP contribution in [0.2, 0.25) is 0 Å². The highest BCUT2D eigenvalue weighted by Crippen LogP contribution is 2.33. The molecule has 0 unspecified atom stereocenters. The van der Waals surface area contributed by atoms with Gasteiger partial charge in [-0.2, -0.15) is 5.10 Å². The number of anilines is 2. The number of aromatic nitrogens is 2. The van der Waals surface area contributed by atoms with Crippen molar-refractivity contribution < 1.29 is 14.3 Å². The summed E-state index contributed by atoms with van der Waals surface area (Å²) in [4.78, 5) is 28.0. The summed E-state index contributed by atoms with van der Waals surface area (Å²) in [5.74, 6) is 0.950. The van der Waals surface area contributed by atoms with Crippen LogP contribution in [-0.4, -0.2) is 46.8 Å². The quantitative estimate of drug-likeness (QED) is 0.286. The van der Waals surface area contributed by atoms with Gasteiger partial charge in [-0.05, 0) is 61.7 Å². The molecule has 0 radical (unpaired) electrons. The number of rotatable bonds is 9. The van der Waals surface area contributed by atoms with Crippen molar-refractivity contribution in [3.8, 4) is 22.6 Å². The van der Waals surface area contributed by atoms with Crippen molar-refractivity contribution in [2.24, 2.45) is 0 Å². The molecular weight excluding hydrogens is 478 g/mol. The van der Waals surface area contributed by atoms with Gasteiger partial charge in [0.15, 0.2) is 0 Å². The van der Waals surface area contributed by atoms with Crippen LogP contribution < -0.4 is 15.4 Å². The molecule has 1 aromatic heterocycles. The van der Waals surface area contributed by atoms with E-state index in [0.717, 1.165) is 39.5 Å². The number of aryl methyl sites for hydroxylation is 2. The molecule has 196 valence electrons. The van der Waals surface area contributed by atoms with Gasteiger partial charge in [0.05, 0.1) is 18.5 Å². The fourth-order valence-electron chi connectivity index (χ4n) is 4.28. The smallest absolute Gasteiger partial charge is 0.322 e. The van der Waals surface area contributed by atoms with E-state index in [-0.39, 0.29) is 18.5 Å². The van der Waals surface area contributed by atoms with E-state index in [1.54, 1.807) is 11.8 Å². The molecule has 0 aliphatic carbocycles. The van der Waals surface area contributed by atoms with Gasteiger partial charge >= 0.3 is 6.03 Å². The molecule has 8 heteroatoms. The number of ether oxygens (including phenoxy) is 1. The second-order valence-electron chi connectivity index (χ2n) is 9.00.